The number of benzene rings is 1. The zero-order valence-electron chi connectivity index (χ0n) is 13.6. The van der Waals surface area contributed by atoms with E-state index in [9.17, 15) is 9.18 Å². The van der Waals surface area contributed by atoms with Crippen LogP contribution in [0.15, 0.2) is 42.6 Å². The molecule has 0 saturated heterocycles. The highest BCUT2D eigenvalue weighted by Crippen LogP contribution is 2.14. The molecule has 122 valence electrons. The Bertz CT molecular complexity index is 643. The summed E-state index contributed by atoms with van der Waals surface area (Å²) in [5.41, 5.74) is 1.28. The van der Waals surface area contributed by atoms with E-state index in [2.05, 4.69) is 22.1 Å². The van der Waals surface area contributed by atoms with Gasteiger partial charge in [0, 0.05) is 13.6 Å². The number of nitrogens with one attached hydrogen (secondary N) is 1. The molecule has 0 aliphatic carbocycles. The van der Waals surface area contributed by atoms with E-state index in [1.807, 2.05) is 19.2 Å². The summed E-state index contributed by atoms with van der Waals surface area (Å²) in [6.07, 6.45) is 4.03. The van der Waals surface area contributed by atoms with Crippen molar-refractivity contribution in [2.75, 3.05) is 23.8 Å². The van der Waals surface area contributed by atoms with Crippen LogP contribution in [0.5, 0.6) is 0 Å². The molecule has 0 unspecified atom stereocenters. The zero-order chi connectivity index (χ0) is 16.7. The Morgan fingerprint density at radius 1 is 1.30 bits per heavy atom. The fourth-order valence-corrected chi connectivity index (χ4v) is 2.23. The molecule has 2 aromatic rings. The van der Waals surface area contributed by atoms with Gasteiger partial charge < -0.3 is 10.2 Å². The molecule has 0 radical (unpaired) electrons. The van der Waals surface area contributed by atoms with Crippen LogP contribution in [0.3, 0.4) is 0 Å². The summed E-state index contributed by atoms with van der Waals surface area (Å²) < 4.78 is 13.1. The number of carbonyl (C=O) groups is 1. The molecule has 5 heteroatoms. The van der Waals surface area contributed by atoms with Gasteiger partial charge in [-0.3, -0.25) is 4.79 Å². The molecule has 4 nitrogen and oxygen atoms in total. The third-order valence-electron chi connectivity index (χ3n) is 3.52. The second kappa shape index (κ2) is 8.27. The number of hydrogen-bond donors (Lipinski definition) is 1. The Morgan fingerprint density at radius 2 is 2.13 bits per heavy atom. The highest BCUT2D eigenvalue weighted by Gasteiger charge is 2.06. The fourth-order valence-electron chi connectivity index (χ4n) is 2.23. The normalized spacial score (nSPS) is 10.4. The van der Waals surface area contributed by atoms with E-state index in [1.54, 1.807) is 18.3 Å². The number of halogens is 1. The molecule has 1 aromatic heterocycles. The molecule has 1 heterocycles. The fraction of sp³-hybridized carbons (Fsp3) is 0.333. The monoisotopic (exact) mass is 315 g/mol. The molecule has 0 spiro atoms. The highest BCUT2D eigenvalue weighted by molar-refractivity contribution is 5.92. The first-order valence-electron chi connectivity index (χ1n) is 7.80. The van der Waals surface area contributed by atoms with Crippen molar-refractivity contribution in [3.63, 3.8) is 0 Å². The molecule has 1 amide bonds. The number of rotatable bonds is 7. The predicted molar refractivity (Wildman–Crippen MR) is 91.1 cm³/mol. The average molecular weight is 315 g/mol. The smallest absolute Gasteiger partial charge is 0.228 e. The molecule has 0 bridgehead atoms. The lowest BCUT2D eigenvalue weighted by Gasteiger charge is -2.17. The van der Waals surface area contributed by atoms with Crippen molar-refractivity contribution >= 4 is 17.4 Å². The van der Waals surface area contributed by atoms with Crippen molar-refractivity contribution < 1.29 is 9.18 Å². The predicted octanol–water partition coefficient (Wildman–Crippen LogP) is 3.64. The Morgan fingerprint density at radius 3 is 2.78 bits per heavy atom. The highest BCUT2D eigenvalue weighted by atomic mass is 19.1. The average Bonchev–Trinajstić information content (AvgIpc) is 2.53. The molecular formula is C18H22FN3O. The van der Waals surface area contributed by atoms with E-state index < -0.39 is 0 Å². The number of aromatic nitrogens is 1. The van der Waals surface area contributed by atoms with Crippen LogP contribution in [-0.2, 0) is 11.2 Å². The molecule has 0 saturated carbocycles. The van der Waals surface area contributed by atoms with Crippen LogP contribution >= 0.6 is 0 Å². The number of carbonyl (C=O) groups excluding carboxylic acids is 1. The third-order valence-corrected chi connectivity index (χ3v) is 3.52. The first-order valence-corrected chi connectivity index (χ1v) is 7.80. The molecule has 2 rings (SSSR count). The van der Waals surface area contributed by atoms with Crippen molar-refractivity contribution in [2.24, 2.45) is 0 Å². The second-order valence-corrected chi connectivity index (χ2v) is 5.54. The van der Waals surface area contributed by atoms with Crippen LogP contribution in [0.25, 0.3) is 0 Å². The van der Waals surface area contributed by atoms with Crippen LogP contribution in [-0.4, -0.2) is 24.5 Å². The Kier molecular flexibility index (Phi) is 6.09. The van der Waals surface area contributed by atoms with Crippen molar-refractivity contribution in [3.05, 3.63) is 54.0 Å². The van der Waals surface area contributed by atoms with Gasteiger partial charge in [0.05, 0.1) is 18.3 Å². The first kappa shape index (κ1) is 16.9. The minimum Gasteiger partial charge on any atom is -0.360 e. The number of pyridine rings is 1. The zero-order valence-corrected chi connectivity index (χ0v) is 13.6. The third kappa shape index (κ3) is 5.36. The molecular weight excluding hydrogens is 293 g/mol. The minimum absolute atomic E-state index is 0.135. The summed E-state index contributed by atoms with van der Waals surface area (Å²) in [5.74, 6) is 0.350. The number of amides is 1. The van der Waals surface area contributed by atoms with Gasteiger partial charge in [0.2, 0.25) is 5.91 Å². The van der Waals surface area contributed by atoms with Crippen molar-refractivity contribution in [2.45, 2.75) is 26.2 Å². The number of nitrogens with zero attached hydrogens (tertiary/aromatic N) is 2. The van der Waals surface area contributed by atoms with E-state index in [1.165, 1.54) is 12.1 Å². The Labute approximate surface area is 136 Å². The van der Waals surface area contributed by atoms with Crippen LogP contribution in [0.4, 0.5) is 15.9 Å². The van der Waals surface area contributed by atoms with Gasteiger partial charge in [-0.1, -0.05) is 25.5 Å². The van der Waals surface area contributed by atoms with Gasteiger partial charge >= 0.3 is 0 Å². The number of anilines is 2. The van der Waals surface area contributed by atoms with Gasteiger partial charge in [0.25, 0.3) is 0 Å². The van der Waals surface area contributed by atoms with Crippen molar-refractivity contribution in [1.82, 2.24) is 4.98 Å². The molecule has 0 aliphatic rings. The minimum atomic E-state index is -0.337. The van der Waals surface area contributed by atoms with Crippen LogP contribution in [0.1, 0.15) is 25.3 Å². The van der Waals surface area contributed by atoms with Crippen molar-refractivity contribution in [3.8, 4) is 0 Å². The lowest BCUT2D eigenvalue weighted by molar-refractivity contribution is -0.115. The van der Waals surface area contributed by atoms with E-state index in [4.69, 9.17) is 0 Å². The van der Waals surface area contributed by atoms with E-state index in [0.29, 0.717) is 11.3 Å². The molecule has 0 fully saturated rings. The van der Waals surface area contributed by atoms with Gasteiger partial charge in [-0.2, -0.15) is 0 Å². The lowest BCUT2D eigenvalue weighted by Crippen LogP contribution is -2.20. The van der Waals surface area contributed by atoms with E-state index >= 15 is 0 Å². The van der Waals surface area contributed by atoms with Crippen LogP contribution in [0.2, 0.25) is 0 Å². The van der Waals surface area contributed by atoms with Crippen LogP contribution < -0.4 is 10.2 Å². The summed E-state index contributed by atoms with van der Waals surface area (Å²) in [6, 6.07) is 9.76. The van der Waals surface area contributed by atoms with E-state index in [-0.39, 0.29) is 18.1 Å². The Hall–Kier alpha value is -2.43. The molecule has 0 atom stereocenters. The Balaban J connectivity index is 1.91. The maximum Gasteiger partial charge on any atom is 0.228 e. The van der Waals surface area contributed by atoms with Gasteiger partial charge in [0.15, 0.2) is 0 Å². The summed E-state index contributed by atoms with van der Waals surface area (Å²) in [5, 5.41) is 2.78. The maximum atomic E-state index is 13.1. The quantitative estimate of drug-likeness (QED) is 0.848. The SMILES string of the molecule is CCCCN(C)c1ccc(NC(=O)Cc2cccc(F)c2)cn1. The molecule has 23 heavy (non-hydrogen) atoms. The first-order chi connectivity index (χ1) is 11.1. The summed E-state index contributed by atoms with van der Waals surface area (Å²) in [4.78, 5) is 18.4. The number of hydrogen-bond acceptors (Lipinski definition) is 3. The van der Waals surface area contributed by atoms with Crippen molar-refractivity contribution in [1.29, 1.82) is 0 Å². The summed E-state index contributed by atoms with van der Waals surface area (Å²) in [7, 11) is 2.00. The second-order valence-electron chi connectivity index (χ2n) is 5.54. The lowest BCUT2D eigenvalue weighted by atomic mass is 10.1. The molecule has 1 N–H and O–H groups in total. The maximum absolute atomic E-state index is 13.1. The molecule has 0 aliphatic heterocycles. The number of unbranched alkanes of at least 4 members (excludes halogenated alkanes) is 1. The van der Waals surface area contributed by atoms with E-state index in [0.717, 1.165) is 25.2 Å². The summed E-state index contributed by atoms with van der Waals surface area (Å²) in [6.45, 7) is 3.10. The molecule has 1 aromatic carbocycles. The summed E-state index contributed by atoms with van der Waals surface area (Å²) >= 11 is 0. The van der Waals surface area contributed by atoms with Gasteiger partial charge in [-0.15, -0.1) is 0 Å². The topological polar surface area (TPSA) is 45.2 Å². The van der Waals surface area contributed by atoms with Gasteiger partial charge in [-0.05, 0) is 36.2 Å². The standard InChI is InChI=1S/C18H22FN3O/c1-3-4-10-22(2)17-9-8-16(13-20-17)21-18(23)12-14-6-5-7-15(19)11-14/h5-9,11,13H,3-4,10,12H2,1-2H3,(H,21,23). The largest absolute Gasteiger partial charge is 0.360 e. The van der Waals surface area contributed by atoms with Gasteiger partial charge in [0.1, 0.15) is 11.6 Å². The van der Waals surface area contributed by atoms with Gasteiger partial charge in [-0.25, -0.2) is 9.37 Å². The van der Waals surface area contributed by atoms with Crippen LogP contribution in [0, 0.1) is 5.82 Å².